The fourth-order valence-corrected chi connectivity index (χ4v) is 3.39. The molecule has 0 radical (unpaired) electrons. The molecule has 2 heterocycles. The Kier molecular flexibility index (Phi) is 6.98. The molecule has 0 aromatic carbocycles. The molecule has 1 aliphatic rings. The van der Waals surface area contributed by atoms with Crippen LogP contribution in [0.3, 0.4) is 0 Å². The molecule has 1 aromatic rings. The van der Waals surface area contributed by atoms with Gasteiger partial charge in [-0.2, -0.15) is 0 Å². The second-order valence-electron chi connectivity index (χ2n) is 5.46. The first-order valence-electron chi connectivity index (χ1n) is 7.93. The van der Waals surface area contributed by atoms with Crippen molar-refractivity contribution < 1.29 is 19.1 Å². The maximum absolute atomic E-state index is 12.1. The van der Waals surface area contributed by atoms with E-state index in [9.17, 15) is 9.59 Å². The fraction of sp³-hybridized carbons (Fsp3) is 0.625. The molecule has 0 aliphatic carbocycles. The summed E-state index contributed by atoms with van der Waals surface area (Å²) in [5.41, 5.74) is 0.853. The molecule has 1 atom stereocenters. The molecule has 1 aromatic heterocycles. The second-order valence-corrected chi connectivity index (χ2v) is 6.49. The lowest BCUT2D eigenvalue weighted by molar-refractivity contribution is -0.113. The van der Waals surface area contributed by atoms with E-state index in [0.717, 1.165) is 25.2 Å². The summed E-state index contributed by atoms with van der Waals surface area (Å²) in [6, 6.07) is 1.71. The normalized spacial score (nSPS) is 17.7. The lowest BCUT2D eigenvalue weighted by atomic mass is 10.1. The summed E-state index contributed by atoms with van der Waals surface area (Å²) in [6.07, 6.45) is 5.38. The summed E-state index contributed by atoms with van der Waals surface area (Å²) in [4.78, 5) is 24.0. The highest BCUT2D eigenvalue weighted by atomic mass is 32.2. The first kappa shape index (κ1) is 17.9. The highest BCUT2D eigenvalue weighted by molar-refractivity contribution is 8.00. The van der Waals surface area contributed by atoms with E-state index in [-0.39, 0.29) is 12.0 Å². The van der Waals surface area contributed by atoms with Crippen LogP contribution in [0.25, 0.3) is 0 Å². The van der Waals surface area contributed by atoms with E-state index in [1.54, 1.807) is 42.6 Å². The smallest absolute Gasteiger partial charge is 0.357 e. The van der Waals surface area contributed by atoms with Crippen molar-refractivity contribution >= 4 is 29.3 Å². The molecule has 1 fully saturated rings. The van der Waals surface area contributed by atoms with Crippen molar-refractivity contribution in [2.24, 2.45) is 7.05 Å². The molecule has 1 amide bonds. The zero-order valence-electron chi connectivity index (χ0n) is 13.7. The van der Waals surface area contributed by atoms with Crippen LogP contribution in [-0.4, -0.2) is 47.3 Å². The van der Waals surface area contributed by atoms with Gasteiger partial charge >= 0.3 is 5.97 Å². The van der Waals surface area contributed by atoms with Crippen molar-refractivity contribution in [1.82, 2.24) is 4.57 Å². The van der Waals surface area contributed by atoms with Crippen molar-refractivity contribution in [2.75, 3.05) is 30.0 Å². The summed E-state index contributed by atoms with van der Waals surface area (Å²) >= 11 is 1.56. The predicted octanol–water partition coefficient (Wildman–Crippen LogP) is 2.44. The van der Waals surface area contributed by atoms with E-state index in [4.69, 9.17) is 9.47 Å². The van der Waals surface area contributed by atoms with Crippen molar-refractivity contribution in [3.63, 3.8) is 0 Å². The van der Waals surface area contributed by atoms with Gasteiger partial charge in [-0.15, -0.1) is 11.8 Å². The number of aryl methyl sites for hydroxylation is 1. The maximum atomic E-state index is 12.1. The third-order valence-corrected chi connectivity index (χ3v) is 4.70. The van der Waals surface area contributed by atoms with Crippen molar-refractivity contribution in [3.05, 3.63) is 18.0 Å². The SMILES string of the molecule is CCOC(=O)c1c(NC(=O)CSCC2CCCCO2)ccn1C. The van der Waals surface area contributed by atoms with Gasteiger partial charge in [-0.3, -0.25) is 4.79 Å². The molecule has 1 unspecified atom stereocenters. The van der Waals surface area contributed by atoms with E-state index in [1.807, 2.05) is 0 Å². The Labute approximate surface area is 140 Å². The van der Waals surface area contributed by atoms with Gasteiger partial charge < -0.3 is 19.4 Å². The molecule has 7 heteroatoms. The highest BCUT2D eigenvalue weighted by Gasteiger charge is 2.19. The Hall–Kier alpha value is -1.47. The van der Waals surface area contributed by atoms with Crippen LogP contribution in [0.2, 0.25) is 0 Å². The largest absolute Gasteiger partial charge is 0.461 e. The molecule has 6 nitrogen and oxygen atoms in total. The average Bonchev–Trinajstić information content (AvgIpc) is 2.89. The minimum absolute atomic E-state index is 0.123. The van der Waals surface area contributed by atoms with Crippen LogP contribution < -0.4 is 5.32 Å². The van der Waals surface area contributed by atoms with Gasteiger partial charge in [0.25, 0.3) is 0 Å². The highest BCUT2D eigenvalue weighted by Crippen LogP contribution is 2.20. The molecule has 23 heavy (non-hydrogen) atoms. The van der Waals surface area contributed by atoms with Gasteiger partial charge in [0.2, 0.25) is 5.91 Å². The molecule has 0 saturated carbocycles. The molecule has 1 N–H and O–H groups in total. The van der Waals surface area contributed by atoms with Crippen molar-refractivity contribution in [1.29, 1.82) is 0 Å². The third kappa shape index (κ3) is 5.28. The lowest BCUT2D eigenvalue weighted by Crippen LogP contribution is -2.23. The number of anilines is 1. The third-order valence-electron chi connectivity index (χ3n) is 3.63. The number of esters is 1. The van der Waals surface area contributed by atoms with Crippen molar-refractivity contribution in [3.8, 4) is 0 Å². The molecule has 128 valence electrons. The minimum atomic E-state index is -0.432. The van der Waals surface area contributed by atoms with Gasteiger partial charge in [0.15, 0.2) is 5.69 Å². The zero-order valence-corrected chi connectivity index (χ0v) is 14.5. The van der Waals surface area contributed by atoms with Gasteiger partial charge in [0, 0.05) is 25.6 Å². The second kappa shape index (κ2) is 8.98. The van der Waals surface area contributed by atoms with Gasteiger partial charge in [-0.25, -0.2) is 4.79 Å². The summed E-state index contributed by atoms with van der Waals surface area (Å²) in [5, 5.41) is 2.79. The number of carbonyl (C=O) groups is 2. The van der Waals surface area contributed by atoms with Crippen LogP contribution in [0, 0.1) is 0 Å². The molecule has 1 aliphatic heterocycles. The van der Waals surface area contributed by atoms with Crippen LogP contribution >= 0.6 is 11.8 Å². The summed E-state index contributed by atoms with van der Waals surface area (Å²) in [7, 11) is 1.75. The standard InChI is InChI=1S/C16H24N2O4S/c1-3-21-16(20)15-13(7-8-18(15)2)17-14(19)11-23-10-12-6-4-5-9-22-12/h7-8,12H,3-6,9-11H2,1-2H3,(H,17,19). The number of rotatable bonds is 7. The number of aromatic nitrogens is 1. The number of hydrogen-bond donors (Lipinski definition) is 1. The number of nitrogens with one attached hydrogen (secondary N) is 1. The summed E-state index contributed by atoms with van der Waals surface area (Å²) in [6.45, 7) is 2.88. The van der Waals surface area contributed by atoms with E-state index in [2.05, 4.69) is 5.32 Å². The lowest BCUT2D eigenvalue weighted by Gasteiger charge is -2.21. The number of nitrogens with zero attached hydrogens (tertiary/aromatic N) is 1. The molecule has 2 rings (SSSR count). The quantitative estimate of drug-likeness (QED) is 0.772. The van der Waals surface area contributed by atoms with Gasteiger partial charge in [0.1, 0.15) is 0 Å². The van der Waals surface area contributed by atoms with Gasteiger partial charge in [-0.1, -0.05) is 0 Å². The van der Waals surface area contributed by atoms with E-state index < -0.39 is 5.97 Å². The molecule has 1 saturated heterocycles. The zero-order chi connectivity index (χ0) is 16.7. The van der Waals surface area contributed by atoms with Crippen LogP contribution in [0.5, 0.6) is 0 Å². The van der Waals surface area contributed by atoms with Crippen molar-refractivity contribution in [2.45, 2.75) is 32.3 Å². The van der Waals surface area contributed by atoms with Gasteiger partial charge in [0.05, 0.1) is 24.2 Å². The summed E-state index contributed by atoms with van der Waals surface area (Å²) < 4.78 is 12.3. The molecular formula is C16H24N2O4S. The van der Waals surface area contributed by atoms with Crippen LogP contribution in [0.15, 0.2) is 12.3 Å². The topological polar surface area (TPSA) is 69.6 Å². The first-order chi connectivity index (χ1) is 11.1. The number of carbonyl (C=O) groups excluding carboxylic acids is 2. The average molecular weight is 340 g/mol. The predicted molar refractivity (Wildman–Crippen MR) is 90.9 cm³/mol. The van der Waals surface area contributed by atoms with Crippen LogP contribution in [0.4, 0.5) is 5.69 Å². The Morgan fingerprint density at radius 1 is 1.48 bits per heavy atom. The fourth-order valence-electron chi connectivity index (χ4n) is 2.49. The number of ether oxygens (including phenoxy) is 2. The maximum Gasteiger partial charge on any atom is 0.357 e. The Morgan fingerprint density at radius 3 is 3.00 bits per heavy atom. The molecule has 0 bridgehead atoms. The van der Waals surface area contributed by atoms with E-state index >= 15 is 0 Å². The number of hydrogen-bond acceptors (Lipinski definition) is 5. The molecule has 0 spiro atoms. The first-order valence-corrected chi connectivity index (χ1v) is 9.09. The molecular weight excluding hydrogens is 316 g/mol. The Balaban J connectivity index is 1.81. The Morgan fingerprint density at radius 2 is 2.30 bits per heavy atom. The monoisotopic (exact) mass is 340 g/mol. The Bertz CT molecular complexity index is 538. The van der Waals surface area contributed by atoms with Crippen LogP contribution in [0.1, 0.15) is 36.7 Å². The minimum Gasteiger partial charge on any atom is -0.461 e. The van der Waals surface area contributed by atoms with Crippen LogP contribution in [-0.2, 0) is 21.3 Å². The van der Waals surface area contributed by atoms with Gasteiger partial charge in [-0.05, 0) is 32.3 Å². The van der Waals surface area contributed by atoms with E-state index in [1.165, 1.54) is 6.42 Å². The number of thioether (sulfide) groups is 1. The number of amides is 1. The summed E-state index contributed by atoms with van der Waals surface area (Å²) in [5.74, 6) is 0.616. The van der Waals surface area contributed by atoms with E-state index in [0.29, 0.717) is 23.7 Å².